The molecule has 0 radical (unpaired) electrons. The van der Waals surface area contributed by atoms with Crippen molar-refractivity contribution in [3.05, 3.63) is 47.7 Å². The molecule has 1 heterocycles. The predicted octanol–water partition coefficient (Wildman–Crippen LogP) is 2.74. The molecule has 0 aliphatic rings. The minimum atomic E-state index is -0.300. The summed E-state index contributed by atoms with van der Waals surface area (Å²) in [4.78, 5) is 0. The molecule has 0 fully saturated rings. The van der Waals surface area contributed by atoms with E-state index in [1.165, 1.54) is 0 Å². The minimum Gasteiger partial charge on any atom is -0.422 e. The van der Waals surface area contributed by atoms with Crippen LogP contribution in [0.1, 0.15) is 43.2 Å². The van der Waals surface area contributed by atoms with Gasteiger partial charge >= 0.3 is 0 Å². The third-order valence-electron chi connectivity index (χ3n) is 3.22. The van der Waals surface area contributed by atoms with Crippen LogP contribution in [0.2, 0.25) is 0 Å². The highest BCUT2D eigenvalue weighted by Crippen LogP contribution is 2.24. The van der Waals surface area contributed by atoms with Gasteiger partial charge in [-0.05, 0) is 31.5 Å². The van der Waals surface area contributed by atoms with Crippen LogP contribution in [0.15, 0.2) is 34.7 Å². The Morgan fingerprint density at radius 1 is 1.19 bits per heavy atom. The van der Waals surface area contributed by atoms with Gasteiger partial charge in [-0.1, -0.05) is 37.3 Å². The first-order valence-corrected chi connectivity index (χ1v) is 7.46. The number of hydrogen-bond acceptors (Lipinski definition) is 5. The van der Waals surface area contributed by atoms with Crippen LogP contribution in [0.3, 0.4) is 0 Å². The number of aryl methyl sites for hydroxylation is 1. The molecule has 0 aliphatic heterocycles. The number of rotatable bonds is 9. The number of benzene rings is 1. The first-order valence-electron chi connectivity index (χ1n) is 7.46. The van der Waals surface area contributed by atoms with Gasteiger partial charge in [0.1, 0.15) is 0 Å². The number of ether oxygens (including phenoxy) is 1. The number of aromatic nitrogens is 2. The standard InChI is InChI=1S/C16H23N3O2/c1-3-11-17-12-7-10-14-18-19-16(21-14)15(20-2)13-8-5-4-6-9-13/h4-6,8-9,15,17H,3,7,10-12H2,1-2H3. The number of methoxy groups -OCH3 is 1. The maximum Gasteiger partial charge on any atom is 0.249 e. The lowest BCUT2D eigenvalue weighted by Gasteiger charge is -2.10. The van der Waals surface area contributed by atoms with Crippen LogP contribution >= 0.6 is 0 Å². The molecule has 1 aromatic carbocycles. The molecule has 1 aromatic heterocycles. The van der Waals surface area contributed by atoms with Gasteiger partial charge in [0, 0.05) is 13.5 Å². The second-order valence-electron chi connectivity index (χ2n) is 4.91. The summed E-state index contributed by atoms with van der Waals surface area (Å²) in [7, 11) is 1.65. The Kier molecular flexibility index (Phi) is 6.37. The van der Waals surface area contributed by atoms with E-state index < -0.39 is 0 Å². The van der Waals surface area contributed by atoms with Gasteiger partial charge in [0.2, 0.25) is 11.8 Å². The lowest BCUT2D eigenvalue weighted by atomic mass is 10.1. The molecule has 0 aliphatic carbocycles. The van der Waals surface area contributed by atoms with Crippen molar-refractivity contribution < 1.29 is 9.15 Å². The molecular weight excluding hydrogens is 266 g/mol. The molecule has 2 rings (SSSR count). The SMILES string of the molecule is CCCNCCCc1nnc(C(OC)c2ccccc2)o1. The molecule has 0 spiro atoms. The van der Waals surface area contributed by atoms with E-state index in [0.29, 0.717) is 11.8 Å². The zero-order valence-electron chi connectivity index (χ0n) is 12.7. The van der Waals surface area contributed by atoms with Crippen molar-refractivity contribution >= 4 is 0 Å². The highest BCUT2D eigenvalue weighted by Gasteiger charge is 2.19. The van der Waals surface area contributed by atoms with Gasteiger partial charge in [-0.2, -0.15) is 0 Å². The summed E-state index contributed by atoms with van der Waals surface area (Å²) in [6.07, 6.45) is 2.63. The van der Waals surface area contributed by atoms with E-state index in [1.54, 1.807) is 7.11 Å². The maximum atomic E-state index is 5.72. The third-order valence-corrected chi connectivity index (χ3v) is 3.22. The van der Waals surface area contributed by atoms with Crippen LogP contribution in [-0.4, -0.2) is 30.4 Å². The van der Waals surface area contributed by atoms with E-state index in [-0.39, 0.29) is 6.10 Å². The fourth-order valence-corrected chi connectivity index (χ4v) is 2.15. The van der Waals surface area contributed by atoms with Crippen LogP contribution in [-0.2, 0) is 11.2 Å². The molecule has 5 nitrogen and oxygen atoms in total. The lowest BCUT2D eigenvalue weighted by Crippen LogP contribution is -2.16. The zero-order chi connectivity index (χ0) is 14.9. The van der Waals surface area contributed by atoms with Gasteiger partial charge in [0.05, 0.1) is 0 Å². The highest BCUT2D eigenvalue weighted by molar-refractivity contribution is 5.21. The maximum absolute atomic E-state index is 5.72. The van der Waals surface area contributed by atoms with Crippen molar-refractivity contribution in [2.45, 2.75) is 32.3 Å². The van der Waals surface area contributed by atoms with Crippen molar-refractivity contribution in [1.82, 2.24) is 15.5 Å². The Morgan fingerprint density at radius 3 is 2.71 bits per heavy atom. The number of nitrogens with zero attached hydrogens (tertiary/aromatic N) is 2. The Morgan fingerprint density at radius 2 is 2.00 bits per heavy atom. The van der Waals surface area contributed by atoms with Crippen molar-refractivity contribution in [1.29, 1.82) is 0 Å². The number of hydrogen-bond donors (Lipinski definition) is 1. The normalized spacial score (nSPS) is 12.5. The molecule has 2 aromatic rings. The Labute approximate surface area is 125 Å². The average molecular weight is 289 g/mol. The topological polar surface area (TPSA) is 60.2 Å². The molecule has 1 atom stereocenters. The fraction of sp³-hybridized carbons (Fsp3) is 0.500. The average Bonchev–Trinajstić information content (AvgIpc) is 2.98. The number of nitrogens with one attached hydrogen (secondary N) is 1. The largest absolute Gasteiger partial charge is 0.422 e. The molecular formula is C16H23N3O2. The second-order valence-corrected chi connectivity index (χ2v) is 4.91. The molecule has 5 heteroatoms. The van der Waals surface area contributed by atoms with Crippen molar-refractivity contribution in [3.8, 4) is 0 Å². The monoisotopic (exact) mass is 289 g/mol. The summed E-state index contributed by atoms with van der Waals surface area (Å²) in [5.74, 6) is 1.18. The van der Waals surface area contributed by atoms with Crippen LogP contribution in [0.5, 0.6) is 0 Å². The molecule has 0 saturated heterocycles. The van der Waals surface area contributed by atoms with E-state index >= 15 is 0 Å². The Balaban J connectivity index is 1.92. The first-order chi connectivity index (χ1) is 10.3. The van der Waals surface area contributed by atoms with Gasteiger partial charge in [-0.3, -0.25) is 0 Å². The summed E-state index contributed by atoms with van der Waals surface area (Å²) >= 11 is 0. The van der Waals surface area contributed by atoms with Crippen molar-refractivity contribution in [3.63, 3.8) is 0 Å². The quantitative estimate of drug-likeness (QED) is 0.719. The summed E-state index contributed by atoms with van der Waals surface area (Å²) in [5.41, 5.74) is 1.01. The summed E-state index contributed by atoms with van der Waals surface area (Å²) < 4.78 is 11.2. The summed E-state index contributed by atoms with van der Waals surface area (Å²) in [6.45, 7) is 4.18. The van der Waals surface area contributed by atoms with Crippen LogP contribution in [0, 0.1) is 0 Å². The van der Waals surface area contributed by atoms with Crippen molar-refractivity contribution in [2.75, 3.05) is 20.2 Å². The van der Waals surface area contributed by atoms with E-state index in [4.69, 9.17) is 9.15 Å². The molecule has 0 bridgehead atoms. The van der Waals surface area contributed by atoms with E-state index in [0.717, 1.165) is 37.9 Å². The van der Waals surface area contributed by atoms with E-state index in [1.807, 2.05) is 30.3 Å². The molecule has 1 unspecified atom stereocenters. The van der Waals surface area contributed by atoms with E-state index in [2.05, 4.69) is 22.4 Å². The van der Waals surface area contributed by atoms with Gasteiger partial charge in [-0.25, -0.2) is 0 Å². The summed E-state index contributed by atoms with van der Waals surface area (Å²) in [5, 5.41) is 11.6. The molecule has 114 valence electrons. The minimum absolute atomic E-state index is 0.300. The second kappa shape index (κ2) is 8.54. The van der Waals surface area contributed by atoms with Crippen molar-refractivity contribution in [2.24, 2.45) is 0 Å². The molecule has 0 saturated carbocycles. The van der Waals surface area contributed by atoms with Crippen LogP contribution < -0.4 is 5.32 Å². The highest BCUT2D eigenvalue weighted by atomic mass is 16.5. The van der Waals surface area contributed by atoms with Gasteiger partial charge in [-0.15, -0.1) is 10.2 Å². The first kappa shape index (κ1) is 15.7. The predicted molar refractivity (Wildman–Crippen MR) is 81.1 cm³/mol. The lowest BCUT2D eigenvalue weighted by molar-refractivity contribution is 0.110. The van der Waals surface area contributed by atoms with Gasteiger partial charge in [0.15, 0.2) is 6.10 Å². The molecule has 21 heavy (non-hydrogen) atoms. The fourth-order valence-electron chi connectivity index (χ4n) is 2.15. The Bertz CT molecular complexity index is 513. The summed E-state index contributed by atoms with van der Waals surface area (Å²) in [6, 6.07) is 9.90. The smallest absolute Gasteiger partial charge is 0.249 e. The van der Waals surface area contributed by atoms with Crippen LogP contribution in [0.25, 0.3) is 0 Å². The van der Waals surface area contributed by atoms with Crippen LogP contribution in [0.4, 0.5) is 0 Å². The molecule has 0 amide bonds. The van der Waals surface area contributed by atoms with Gasteiger partial charge < -0.3 is 14.5 Å². The molecule has 1 N–H and O–H groups in total. The van der Waals surface area contributed by atoms with E-state index in [9.17, 15) is 0 Å². The Hall–Kier alpha value is -1.72. The zero-order valence-corrected chi connectivity index (χ0v) is 12.7. The third kappa shape index (κ3) is 4.65. The van der Waals surface area contributed by atoms with Gasteiger partial charge in [0.25, 0.3) is 0 Å².